The van der Waals surface area contributed by atoms with Gasteiger partial charge in [0, 0.05) is 29.2 Å². The van der Waals surface area contributed by atoms with Crippen LogP contribution >= 0.6 is 23.5 Å². The first-order chi connectivity index (χ1) is 11.7. The van der Waals surface area contributed by atoms with E-state index in [4.69, 9.17) is 19.1 Å². The summed E-state index contributed by atoms with van der Waals surface area (Å²) in [5, 5.41) is 8.98. The molecule has 143 valence electrons. The molecule has 26 heavy (non-hydrogen) atoms. The lowest BCUT2D eigenvalue weighted by atomic mass is 9.86. The third-order valence-corrected chi connectivity index (χ3v) is 8.67. The quantitative estimate of drug-likeness (QED) is 0.526. The molecule has 3 rings (SSSR count). The second kappa shape index (κ2) is 6.60. The summed E-state index contributed by atoms with van der Waals surface area (Å²) < 4.78 is 18.3. The molecule has 3 heterocycles. The van der Waals surface area contributed by atoms with Gasteiger partial charge >= 0.3 is 14.6 Å². The molecular formula is C18H30B2O4S2+. The zero-order valence-electron chi connectivity index (χ0n) is 17.0. The first-order valence-electron chi connectivity index (χ1n) is 9.10. The van der Waals surface area contributed by atoms with Gasteiger partial charge in [-0.2, -0.15) is 0 Å². The molecule has 0 aromatic carbocycles. The van der Waals surface area contributed by atoms with Crippen LogP contribution in [0.15, 0.2) is 21.8 Å². The van der Waals surface area contributed by atoms with Gasteiger partial charge in [0.25, 0.3) is 0 Å². The van der Waals surface area contributed by atoms with Crippen LogP contribution in [0.2, 0.25) is 0 Å². The topological polar surface area (TPSA) is 50.6 Å². The van der Waals surface area contributed by atoms with Gasteiger partial charge in [-0.3, -0.25) is 0 Å². The number of hydrogen-bond donors (Lipinski definition) is 0. The fourth-order valence-corrected chi connectivity index (χ4v) is 5.37. The predicted octanol–water partition coefficient (Wildman–Crippen LogP) is 3.49. The number of fused-ring (bicyclic) bond motifs is 1. The van der Waals surface area contributed by atoms with E-state index in [1.165, 1.54) is 4.80 Å². The van der Waals surface area contributed by atoms with Crippen molar-refractivity contribution in [3.8, 4) is 0 Å². The molecule has 1 fully saturated rings. The van der Waals surface area contributed by atoms with Crippen LogP contribution in [0.3, 0.4) is 0 Å². The third-order valence-electron chi connectivity index (χ3n) is 5.99. The van der Waals surface area contributed by atoms with Gasteiger partial charge in [-0.05, 0) is 46.3 Å². The SMILES string of the molecule is CC(C)([OH2+])C(C)(C)O[B]C1=CC2SC(B3OC(C)(C)C(C)(C)O3)=CC2S1. The molecule has 0 aliphatic carbocycles. The highest BCUT2D eigenvalue weighted by Gasteiger charge is 2.54. The molecule has 0 amide bonds. The summed E-state index contributed by atoms with van der Waals surface area (Å²) in [4.78, 5) is 2.31. The Labute approximate surface area is 167 Å². The lowest BCUT2D eigenvalue weighted by Crippen LogP contribution is -2.48. The Morgan fingerprint density at radius 1 is 1.04 bits per heavy atom. The molecule has 2 atom stereocenters. The van der Waals surface area contributed by atoms with E-state index >= 15 is 0 Å². The highest BCUT2D eigenvalue weighted by molar-refractivity contribution is 8.10. The van der Waals surface area contributed by atoms with Gasteiger partial charge in [0.15, 0.2) is 5.60 Å². The Kier molecular flexibility index (Phi) is 5.30. The van der Waals surface area contributed by atoms with Crippen molar-refractivity contribution < 1.29 is 19.1 Å². The van der Waals surface area contributed by atoms with E-state index in [1.807, 2.05) is 46.9 Å². The van der Waals surface area contributed by atoms with Crippen LogP contribution in [0.5, 0.6) is 0 Å². The molecule has 0 bridgehead atoms. The average Bonchev–Trinajstić information content (AvgIpc) is 3.05. The van der Waals surface area contributed by atoms with Crippen molar-refractivity contribution in [2.75, 3.05) is 0 Å². The standard InChI is InChI=1S/C18H29B2O4S2/c1-15(2,21)16(3,4)22-19-13-9-11-12(25-13)10-14(26-11)20-23-17(5,6)18(7,8)24-20/h9-12,21H,1-8H3/p+1. The second-order valence-electron chi connectivity index (χ2n) is 9.26. The second-order valence-corrected chi connectivity index (χ2v) is 11.8. The predicted molar refractivity (Wildman–Crippen MR) is 114 cm³/mol. The highest BCUT2D eigenvalue weighted by Crippen LogP contribution is 2.50. The third kappa shape index (κ3) is 3.83. The highest BCUT2D eigenvalue weighted by atomic mass is 32.2. The molecule has 3 aliphatic rings. The monoisotopic (exact) mass is 396 g/mol. The van der Waals surface area contributed by atoms with Crippen molar-refractivity contribution in [3.05, 3.63) is 21.8 Å². The molecule has 2 unspecified atom stereocenters. The number of hydrogen-bond acceptors (Lipinski definition) is 5. The Bertz CT molecular complexity index is 622. The van der Waals surface area contributed by atoms with E-state index in [2.05, 4.69) is 39.8 Å². The van der Waals surface area contributed by atoms with E-state index in [9.17, 15) is 0 Å². The molecule has 4 nitrogen and oxygen atoms in total. The van der Waals surface area contributed by atoms with Gasteiger partial charge in [0.05, 0.1) is 11.2 Å². The maximum Gasteiger partial charge on any atom is 0.501 e. The molecule has 0 aromatic rings. The Balaban J connectivity index is 1.57. The van der Waals surface area contributed by atoms with Crippen LogP contribution in [-0.2, 0) is 14.0 Å². The minimum atomic E-state index is -0.665. The van der Waals surface area contributed by atoms with Crippen LogP contribution < -0.4 is 0 Å². The summed E-state index contributed by atoms with van der Waals surface area (Å²) in [6, 6.07) is 0. The molecule has 1 saturated heterocycles. The summed E-state index contributed by atoms with van der Waals surface area (Å²) in [5.41, 5.74) is -1.81. The zero-order valence-corrected chi connectivity index (χ0v) is 18.6. The Morgan fingerprint density at radius 2 is 1.58 bits per heavy atom. The fraction of sp³-hybridized carbons (Fsp3) is 0.778. The van der Waals surface area contributed by atoms with Gasteiger partial charge < -0.3 is 19.1 Å². The number of rotatable bonds is 5. The summed E-state index contributed by atoms with van der Waals surface area (Å²) in [5.74, 6) is 0. The molecule has 0 aromatic heterocycles. The first kappa shape index (κ1) is 20.9. The Morgan fingerprint density at radius 3 is 2.08 bits per heavy atom. The van der Waals surface area contributed by atoms with Crippen LogP contribution in [0.1, 0.15) is 55.4 Å². The van der Waals surface area contributed by atoms with E-state index < -0.39 is 11.2 Å². The van der Waals surface area contributed by atoms with Crippen molar-refractivity contribution in [2.45, 2.75) is 88.3 Å². The van der Waals surface area contributed by atoms with Crippen LogP contribution in [0.4, 0.5) is 0 Å². The van der Waals surface area contributed by atoms with Crippen LogP contribution in [-0.4, -0.2) is 52.6 Å². The van der Waals surface area contributed by atoms with Gasteiger partial charge in [-0.1, -0.05) is 12.2 Å². The molecule has 2 N–H and O–H groups in total. The molecule has 8 heteroatoms. The van der Waals surface area contributed by atoms with Crippen molar-refractivity contribution in [1.82, 2.24) is 0 Å². The maximum atomic E-state index is 8.21. The maximum absolute atomic E-state index is 8.21. The minimum Gasteiger partial charge on any atom is -0.439 e. The van der Waals surface area contributed by atoms with Crippen molar-refractivity contribution >= 4 is 38.1 Å². The van der Waals surface area contributed by atoms with Gasteiger partial charge in [0.2, 0.25) is 0 Å². The van der Waals surface area contributed by atoms with Gasteiger partial charge in [-0.15, -0.1) is 23.5 Å². The van der Waals surface area contributed by atoms with E-state index in [1.54, 1.807) is 11.8 Å². The smallest absolute Gasteiger partial charge is 0.439 e. The largest absolute Gasteiger partial charge is 0.501 e. The summed E-state index contributed by atoms with van der Waals surface area (Å²) in [6.07, 6.45) is 4.53. The van der Waals surface area contributed by atoms with E-state index in [0.29, 0.717) is 10.5 Å². The summed E-state index contributed by atoms with van der Waals surface area (Å²) >= 11 is 3.63. The van der Waals surface area contributed by atoms with Gasteiger partial charge in [0.1, 0.15) is 5.60 Å². The molecule has 1 radical (unpaired) electrons. The average molecular weight is 396 g/mol. The molecule has 0 saturated carbocycles. The normalized spacial score (nSPS) is 30.3. The first-order valence-corrected chi connectivity index (χ1v) is 10.9. The number of thioether (sulfide) groups is 2. The lowest BCUT2D eigenvalue weighted by molar-refractivity contribution is -0.0895. The molecule has 3 aliphatic heterocycles. The van der Waals surface area contributed by atoms with Crippen molar-refractivity contribution in [3.63, 3.8) is 0 Å². The summed E-state index contributed by atoms with van der Waals surface area (Å²) in [7, 11) is 1.55. The summed E-state index contributed by atoms with van der Waals surface area (Å²) in [6.45, 7) is 16.0. The van der Waals surface area contributed by atoms with Crippen LogP contribution in [0.25, 0.3) is 0 Å². The Hall–Kier alpha value is 0.150. The lowest BCUT2D eigenvalue weighted by Gasteiger charge is -2.33. The minimum absolute atomic E-state index is 0.267. The molecule has 0 spiro atoms. The van der Waals surface area contributed by atoms with Gasteiger partial charge in [-0.25, -0.2) is 0 Å². The van der Waals surface area contributed by atoms with E-state index in [-0.39, 0.29) is 18.3 Å². The molecular weight excluding hydrogens is 366 g/mol. The van der Waals surface area contributed by atoms with E-state index in [0.717, 1.165) is 4.80 Å². The van der Waals surface area contributed by atoms with Crippen LogP contribution in [0, 0.1) is 0 Å². The zero-order chi connectivity index (χ0) is 19.5. The fourth-order valence-electron chi connectivity index (χ4n) is 2.62. The van der Waals surface area contributed by atoms with Crippen molar-refractivity contribution in [2.24, 2.45) is 0 Å². The van der Waals surface area contributed by atoms with Crippen molar-refractivity contribution in [1.29, 1.82) is 0 Å².